The number of likely N-dealkylation sites (tertiary alicyclic amines) is 1. The third-order valence-electron chi connectivity index (χ3n) is 7.75. The Morgan fingerprint density at radius 1 is 1.42 bits per heavy atom. The molecule has 36 heavy (non-hydrogen) atoms. The molecule has 4 N–H and O–H groups in total. The van der Waals surface area contributed by atoms with Crippen molar-refractivity contribution >= 4 is 34.5 Å². The second-order valence-electron chi connectivity index (χ2n) is 9.96. The highest BCUT2D eigenvalue weighted by molar-refractivity contribution is 7.14. The molecule has 0 radical (unpaired) electrons. The number of fused-ring (bicyclic) bond motifs is 3. The molecule has 1 saturated heterocycles. The predicted molar refractivity (Wildman–Crippen MR) is 133 cm³/mol. The lowest BCUT2D eigenvalue weighted by Gasteiger charge is -2.34. The summed E-state index contributed by atoms with van der Waals surface area (Å²) in [5.74, 6) is 0.538. The van der Waals surface area contributed by atoms with Gasteiger partial charge < -0.3 is 16.0 Å². The van der Waals surface area contributed by atoms with E-state index < -0.39 is 11.3 Å². The Morgan fingerprint density at radius 2 is 2.28 bits per heavy atom. The lowest BCUT2D eigenvalue weighted by molar-refractivity contribution is -0.131. The van der Waals surface area contributed by atoms with E-state index in [-0.39, 0.29) is 30.6 Å². The number of hydrogen-bond acceptors (Lipinski definition) is 9. The standard InChI is InChI=1S/C24H26N8O2S2/c1-12(27-11-20(33)32-15(10-25)6-14-7-17(14)32)9-24(23-28-30-31-29-23)16-4-5-35-18(16)3-2-13-8-19(22(26)34)36-21(13)24/h4-5,8,12,14-15,17,27H,2-3,6-7,9,11H2,1H3,(H2,26,34)(H,28,29,30,31)/t12-,14+,15?,17-,24?/m0/s1. The van der Waals surface area contributed by atoms with Crippen molar-refractivity contribution < 1.29 is 9.59 Å². The molecule has 0 aromatic carbocycles. The molecular formula is C24H26N8O2S2. The number of nitrogens with two attached hydrogens (primary N) is 1. The molecule has 1 saturated carbocycles. The number of piperidine rings is 1. The van der Waals surface area contributed by atoms with E-state index in [1.165, 1.54) is 16.2 Å². The molecule has 0 bridgehead atoms. The number of primary amides is 1. The number of rotatable bonds is 7. The van der Waals surface area contributed by atoms with E-state index in [2.05, 4.69) is 43.5 Å². The first-order valence-corrected chi connectivity index (χ1v) is 13.8. The van der Waals surface area contributed by atoms with Crippen LogP contribution in [-0.4, -0.2) is 62.0 Å². The normalized spacial score (nSPS) is 26.9. The van der Waals surface area contributed by atoms with Gasteiger partial charge in [0.05, 0.1) is 22.9 Å². The summed E-state index contributed by atoms with van der Waals surface area (Å²) in [5.41, 5.74) is 7.10. The van der Waals surface area contributed by atoms with E-state index >= 15 is 0 Å². The quantitative estimate of drug-likeness (QED) is 0.427. The Labute approximate surface area is 215 Å². The van der Waals surface area contributed by atoms with Gasteiger partial charge in [-0.3, -0.25) is 9.59 Å². The lowest BCUT2D eigenvalue weighted by Crippen LogP contribution is -2.46. The summed E-state index contributed by atoms with van der Waals surface area (Å²) in [5, 5.41) is 30.3. The summed E-state index contributed by atoms with van der Waals surface area (Å²) in [6, 6.07) is 6.09. The molecule has 186 valence electrons. The maximum absolute atomic E-state index is 13.1. The number of H-pyrrole nitrogens is 1. The number of aromatic nitrogens is 4. The van der Waals surface area contributed by atoms with Crippen molar-refractivity contribution in [3.05, 3.63) is 49.1 Å². The summed E-state index contributed by atoms with van der Waals surface area (Å²) >= 11 is 3.10. The summed E-state index contributed by atoms with van der Waals surface area (Å²) in [7, 11) is 0. The molecule has 2 amide bonds. The average molecular weight is 523 g/mol. The summed E-state index contributed by atoms with van der Waals surface area (Å²) < 4.78 is 0. The van der Waals surface area contributed by atoms with Crippen LogP contribution >= 0.6 is 22.7 Å². The van der Waals surface area contributed by atoms with Gasteiger partial charge in [-0.05, 0) is 73.6 Å². The number of carbonyl (C=O) groups excluding carboxylic acids is 2. The third kappa shape index (κ3) is 3.65. The Balaban J connectivity index is 1.33. The van der Waals surface area contributed by atoms with E-state index in [1.54, 1.807) is 16.2 Å². The highest BCUT2D eigenvalue weighted by atomic mass is 32.1. The van der Waals surface area contributed by atoms with Crippen molar-refractivity contribution in [2.75, 3.05) is 6.54 Å². The van der Waals surface area contributed by atoms with Gasteiger partial charge in [-0.1, -0.05) is 5.21 Å². The van der Waals surface area contributed by atoms with Gasteiger partial charge in [0.1, 0.15) is 6.04 Å². The zero-order chi connectivity index (χ0) is 25.0. The Bertz CT molecular complexity index is 1360. The zero-order valence-corrected chi connectivity index (χ0v) is 21.4. The van der Waals surface area contributed by atoms with Crippen LogP contribution in [0.4, 0.5) is 0 Å². The van der Waals surface area contributed by atoms with Crippen LogP contribution in [0.3, 0.4) is 0 Å². The summed E-state index contributed by atoms with van der Waals surface area (Å²) in [6.45, 7) is 2.20. The van der Waals surface area contributed by atoms with Crippen LogP contribution in [0.5, 0.6) is 0 Å². The maximum Gasteiger partial charge on any atom is 0.258 e. The van der Waals surface area contributed by atoms with E-state index in [4.69, 9.17) is 5.73 Å². The molecule has 0 spiro atoms. The monoisotopic (exact) mass is 522 g/mol. The van der Waals surface area contributed by atoms with Crippen LogP contribution in [0.1, 0.15) is 62.6 Å². The largest absolute Gasteiger partial charge is 0.365 e. The number of nitriles is 1. The second-order valence-corrected chi connectivity index (χ2v) is 12.0. The highest BCUT2D eigenvalue weighted by Crippen LogP contribution is 2.51. The van der Waals surface area contributed by atoms with Crippen molar-refractivity contribution in [1.29, 1.82) is 5.26 Å². The van der Waals surface area contributed by atoms with Gasteiger partial charge in [-0.15, -0.1) is 32.9 Å². The van der Waals surface area contributed by atoms with Crippen LogP contribution in [0, 0.1) is 17.2 Å². The van der Waals surface area contributed by atoms with Gasteiger partial charge in [0.2, 0.25) is 5.91 Å². The predicted octanol–water partition coefficient (Wildman–Crippen LogP) is 1.74. The number of aromatic amines is 1. The fourth-order valence-corrected chi connectivity index (χ4v) is 8.29. The summed E-state index contributed by atoms with van der Waals surface area (Å²) in [4.78, 5) is 29.7. The number of carbonyl (C=O) groups is 2. The molecule has 5 atom stereocenters. The number of hydrogen-bond donors (Lipinski definition) is 3. The molecular weight excluding hydrogens is 496 g/mol. The Kier molecular flexibility index (Phi) is 5.66. The molecule has 6 rings (SSSR count). The van der Waals surface area contributed by atoms with Crippen LogP contribution < -0.4 is 11.1 Å². The molecule has 12 heteroatoms. The number of nitrogens with zero attached hydrogens (tertiary/aromatic N) is 5. The van der Waals surface area contributed by atoms with Crippen molar-refractivity contribution in [3.63, 3.8) is 0 Å². The van der Waals surface area contributed by atoms with E-state index in [0.29, 0.717) is 23.0 Å². The minimum absolute atomic E-state index is 0.0306. The highest BCUT2D eigenvalue weighted by Gasteiger charge is 2.54. The molecule has 4 heterocycles. The number of tetrazole rings is 1. The Morgan fingerprint density at radius 3 is 3.03 bits per heavy atom. The van der Waals surface area contributed by atoms with Crippen molar-refractivity contribution in [3.8, 4) is 6.07 Å². The zero-order valence-electron chi connectivity index (χ0n) is 19.7. The smallest absolute Gasteiger partial charge is 0.258 e. The molecule has 3 aromatic heterocycles. The SMILES string of the molecule is C[C@@H](CC1(c2nn[nH]n2)c2ccsc2CCc2cc(C(N)=O)sc21)NCC(=O)N1C(C#N)C[C@@H]2C[C@@H]21. The van der Waals surface area contributed by atoms with Gasteiger partial charge in [0, 0.05) is 21.8 Å². The first-order chi connectivity index (χ1) is 17.4. The fourth-order valence-electron chi connectivity index (χ4n) is 6.06. The van der Waals surface area contributed by atoms with Gasteiger partial charge in [0.15, 0.2) is 5.82 Å². The summed E-state index contributed by atoms with van der Waals surface area (Å²) in [6.07, 6.45) is 3.99. The van der Waals surface area contributed by atoms with Crippen LogP contribution in [0.15, 0.2) is 17.5 Å². The van der Waals surface area contributed by atoms with Crippen molar-refractivity contribution in [2.45, 2.75) is 62.6 Å². The van der Waals surface area contributed by atoms with Crippen molar-refractivity contribution in [1.82, 2.24) is 30.8 Å². The number of nitrogens with one attached hydrogen (secondary N) is 2. The van der Waals surface area contributed by atoms with Crippen molar-refractivity contribution in [2.24, 2.45) is 11.7 Å². The Hall–Kier alpha value is -3.14. The minimum Gasteiger partial charge on any atom is -0.365 e. The van der Waals surface area contributed by atoms with Crippen LogP contribution in [-0.2, 0) is 23.1 Å². The second kappa shape index (κ2) is 8.76. The van der Waals surface area contributed by atoms with Crippen LogP contribution in [0.25, 0.3) is 0 Å². The molecule has 1 aliphatic heterocycles. The third-order valence-corrected chi connectivity index (χ3v) is 10.1. The molecule has 2 aliphatic carbocycles. The first kappa shape index (κ1) is 23.3. The lowest BCUT2D eigenvalue weighted by atomic mass is 9.73. The first-order valence-electron chi connectivity index (χ1n) is 12.1. The molecule has 10 nitrogen and oxygen atoms in total. The number of thiophene rings is 2. The molecule has 3 aromatic rings. The van der Waals surface area contributed by atoms with Gasteiger partial charge in [0.25, 0.3) is 5.91 Å². The van der Waals surface area contributed by atoms with E-state index in [1.807, 2.05) is 13.0 Å². The average Bonchev–Trinajstić information content (AvgIpc) is 3.39. The number of amides is 2. The van der Waals surface area contributed by atoms with E-state index in [0.717, 1.165) is 41.7 Å². The fraction of sp³-hybridized carbons (Fsp3) is 0.500. The van der Waals surface area contributed by atoms with Gasteiger partial charge in [-0.2, -0.15) is 10.5 Å². The van der Waals surface area contributed by atoms with E-state index in [9.17, 15) is 14.9 Å². The van der Waals surface area contributed by atoms with Gasteiger partial charge in [-0.25, -0.2) is 0 Å². The topological polar surface area (TPSA) is 154 Å². The number of aryl methyl sites for hydroxylation is 2. The maximum atomic E-state index is 13.1. The van der Waals surface area contributed by atoms with Gasteiger partial charge >= 0.3 is 0 Å². The molecule has 2 fully saturated rings. The molecule has 3 aliphatic rings. The molecule has 2 unspecified atom stereocenters. The minimum atomic E-state index is -0.744. The van der Waals surface area contributed by atoms with Crippen LogP contribution in [0.2, 0.25) is 0 Å².